The topological polar surface area (TPSA) is 124 Å². The second-order valence-corrected chi connectivity index (χ2v) is 6.84. The largest absolute Gasteiger partial charge is 0.396 e. The Morgan fingerprint density at radius 2 is 2.15 bits per heavy atom. The van der Waals surface area contributed by atoms with Crippen molar-refractivity contribution in [2.75, 3.05) is 38.5 Å². The van der Waals surface area contributed by atoms with Crippen LogP contribution in [0.1, 0.15) is 23.2 Å². The maximum absolute atomic E-state index is 12.3. The number of anilines is 1. The monoisotopic (exact) mass is 371 g/mol. The molecule has 8 heteroatoms. The van der Waals surface area contributed by atoms with E-state index < -0.39 is 0 Å². The Kier molecular flexibility index (Phi) is 6.20. The molecule has 0 aliphatic carbocycles. The molecule has 1 aromatic heterocycles. The van der Waals surface area contributed by atoms with Gasteiger partial charge in [0, 0.05) is 43.4 Å². The van der Waals surface area contributed by atoms with Gasteiger partial charge in [-0.3, -0.25) is 14.6 Å². The highest BCUT2D eigenvalue weighted by atomic mass is 16.3. The number of benzene rings is 1. The van der Waals surface area contributed by atoms with Gasteiger partial charge in [-0.25, -0.2) is 4.98 Å². The number of aromatic amines is 1. The predicted molar refractivity (Wildman–Crippen MR) is 103 cm³/mol. The first-order chi connectivity index (χ1) is 13.0. The number of aliphatic hydroxyl groups is 1. The normalized spacial score (nSPS) is 17.6. The molecule has 0 bridgehead atoms. The number of nitrogens with two attached hydrogens (primary N) is 1. The first-order valence-electron chi connectivity index (χ1n) is 9.14. The van der Waals surface area contributed by atoms with Gasteiger partial charge in [0.1, 0.15) is 0 Å². The number of likely N-dealkylation sites (tertiary alicyclic amines) is 1. The predicted octanol–water partition coefficient (Wildman–Crippen LogP) is 0.453. The Morgan fingerprint density at radius 3 is 2.85 bits per heavy atom. The molecular formula is C19H25N5O3. The summed E-state index contributed by atoms with van der Waals surface area (Å²) in [6.07, 6.45) is 2.15. The van der Waals surface area contributed by atoms with Gasteiger partial charge in [0.05, 0.1) is 5.69 Å². The molecule has 0 radical (unpaired) electrons. The van der Waals surface area contributed by atoms with Crippen LogP contribution >= 0.6 is 0 Å². The molecule has 1 aliphatic heterocycles. The molecule has 1 saturated heterocycles. The molecule has 2 heterocycles. The van der Waals surface area contributed by atoms with Crippen LogP contribution in [0.25, 0.3) is 11.3 Å². The van der Waals surface area contributed by atoms with Crippen molar-refractivity contribution in [1.29, 1.82) is 0 Å². The van der Waals surface area contributed by atoms with E-state index in [4.69, 9.17) is 5.73 Å². The Hall–Kier alpha value is -2.71. The number of carbonyl (C=O) groups is 1. The third-order valence-corrected chi connectivity index (χ3v) is 4.78. The maximum Gasteiger partial charge on any atom is 0.252 e. The molecular weight excluding hydrogens is 346 g/mol. The summed E-state index contributed by atoms with van der Waals surface area (Å²) < 4.78 is 0. The number of aromatic nitrogens is 2. The van der Waals surface area contributed by atoms with Crippen molar-refractivity contribution in [2.45, 2.75) is 12.8 Å². The number of nitrogens with zero attached hydrogens (tertiary/aromatic N) is 2. The van der Waals surface area contributed by atoms with Gasteiger partial charge in [-0.05, 0) is 37.4 Å². The van der Waals surface area contributed by atoms with E-state index in [0.29, 0.717) is 29.3 Å². The van der Waals surface area contributed by atoms with Gasteiger partial charge in [-0.1, -0.05) is 12.1 Å². The van der Waals surface area contributed by atoms with Gasteiger partial charge in [0.25, 0.3) is 11.5 Å². The summed E-state index contributed by atoms with van der Waals surface area (Å²) in [5.74, 6) is 0.256. The lowest BCUT2D eigenvalue weighted by Gasteiger charge is -2.31. The van der Waals surface area contributed by atoms with Gasteiger partial charge < -0.3 is 21.1 Å². The van der Waals surface area contributed by atoms with E-state index >= 15 is 0 Å². The second kappa shape index (κ2) is 8.79. The Morgan fingerprint density at radius 1 is 1.37 bits per heavy atom. The molecule has 1 unspecified atom stereocenters. The number of H-pyrrole nitrogens is 1. The summed E-state index contributed by atoms with van der Waals surface area (Å²) in [7, 11) is 0. The quantitative estimate of drug-likeness (QED) is 0.585. The molecule has 0 saturated carbocycles. The molecule has 144 valence electrons. The van der Waals surface area contributed by atoms with Crippen LogP contribution < -0.4 is 16.6 Å². The molecule has 0 spiro atoms. The average Bonchev–Trinajstić information content (AvgIpc) is 2.67. The zero-order valence-electron chi connectivity index (χ0n) is 15.1. The van der Waals surface area contributed by atoms with E-state index in [2.05, 4.69) is 20.2 Å². The number of nitrogen functional groups attached to an aromatic ring is 1. The summed E-state index contributed by atoms with van der Waals surface area (Å²) in [6.45, 7) is 3.45. The Bertz CT molecular complexity index is 834. The van der Waals surface area contributed by atoms with Crippen LogP contribution in [0.15, 0.2) is 35.1 Å². The van der Waals surface area contributed by atoms with Crippen LogP contribution in [-0.2, 0) is 0 Å². The second-order valence-electron chi connectivity index (χ2n) is 6.84. The van der Waals surface area contributed by atoms with Gasteiger partial charge in [-0.2, -0.15) is 0 Å². The van der Waals surface area contributed by atoms with Crippen LogP contribution in [0.4, 0.5) is 5.95 Å². The molecule has 1 aromatic carbocycles. The third-order valence-electron chi connectivity index (χ3n) is 4.78. The molecule has 1 fully saturated rings. The van der Waals surface area contributed by atoms with Crippen LogP contribution in [0.2, 0.25) is 0 Å². The lowest BCUT2D eigenvalue weighted by atomic mass is 9.99. The third kappa shape index (κ3) is 5.15. The van der Waals surface area contributed by atoms with Crippen LogP contribution in [0.3, 0.4) is 0 Å². The van der Waals surface area contributed by atoms with E-state index in [1.165, 1.54) is 6.07 Å². The number of hydrogen-bond acceptors (Lipinski definition) is 6. The van der Waals surface area contributed by atoms with Gasteiger partial charge in [-0.15, -0.1) is 0 Å². The number of rotatable bonds is 6. The van der Waals surface area contributed by atoms with Crippen molar-refractivity contribution in [3.05, 3.63) is 46.2 Å². The highest BCUT2D eigenvalue weighted by molar-refractivity contribution is 5.94. The van der Waals surface area contributed by atoms with Crippen molar-refractivity contribution >= 4 is 11.9 Å². The smallest absolute Gasteiger partial charge is 0.252 e. The molecule has 1 atom stereocenters. The van der Waals surface area contributed by atoms with Crippen LogP contribution in [0, 0.1) is 5.92 Å². The molecule has 1 amide bonds. The van der Waals surface area contributed by atoms with E-state index in [9.17, 15) is 14.7 Å². The standard InChI is InChI=1S/C19H25N5O3/c20-19-22-16(10-17(26)23-19)14-3-5-15(6-4-14)18(27)21-7-9-24-8-1-2-13(11-24)12-25/h3-6,10,13,25H,1-2,7-9,11-12H2,(H,21,27)(H3,20,22,23,26). The fraction of sp³-hybridized carbons (Fsp3) is 0.421. The summed E-state index contributed by atoms with van der Waals surface area (Å²) >= 11 is 0. The first kappa shape index (κ1) is 19.1. The van der Waals surface area contributed by atoms with Crippen molar-refractivity contribution in [3.8, 4) is 11.3 Å². The lowest BCUT2D eigenvalue weighted by Crippen LogP contribution is -2.41. The van der Waals surface area contributed by atoms with Crippen molar-refractivity contribution in [2.24, 2.45) is 5.92 Å². The minimum Gasteiger partial charge on any atom is -0.396 e. The molecule has 8 nitrogen and oxygen atoms in total. The van der Waals surface area contributed by atoms with Crippen molar-refractivity contribution in [3.63, 3.8) is 0 Å². The molecule has 5 N–H and O–H groups in total. The van der Waals surface area contributed by atoms with Gasteiger partial charge in [0.2, 0.25) is 5.95 Å². The number of piperidine rings is 1. The molecule has 27 heavy (non-hydrogen) atoms. The fourth-order valence-electron chi connectivity index (χ4n) is 3.35. The van der Waals surface area contributed by atoms with E-state index in [-0.39, 0.29) is 24.0 Å². The summed E-state index contributed by atoms with van der Waals surface area (Å²) in [5.41, 5.74) is 6.97. The first-order valence-corrected chi connectivity index (χ1v) is 9.14. The minimum atomic E-state index is -0.319. The summed E-state index contributed by atoms with van der Waals surface area (Å²) in [6, 6.07) is 8.25. The number of aliphatic hydroxyl groups excluding tert-OH is 1. The number of carbonyl (C=O) groups excluding carboxylic acids is 1. The van der Waals surface area contributed by atoms with Crippen LogP contribution in [0.5, 0.6) is 0 Å². The summed E-state index contributed by atoms with van der Waals surface area (Å²) in [5, 5.41) is 12.2. The molecule has 3 rings (SSSR count). The van der Waals surface area contributed by atoms with E-state index in [1.54, 1.807) is 24.3 Å². The average molecular weight is 371 g/mol. The Balaban J connectivity index is 1.54. The minimum absolute atomic E-state index is 0.0560. The van der Waals surface area contributed by atoms with Crippen molar-refractivity contribution < 1.29 is 9.90 Å². The highest BCUT2D eigenvalue weighted by Crippen LogP contribution is 2.17. The van der Waals surface area contributed by atoms with E-state index in [0.717, 1.165) is 32.5 Å². The number of nitrogens with one attached hydrogen (secondary N) is 2. The van der Waals surface area contributed by atoms with Crippen molar-refractivity contribution in [1.82, 2.24) is 20.2 Å². The Labute approximate surface area is 157 Å². The fourth-order valence-corrected chi connectivity index (χ4v) is 3.35. The SMILES string of the molecule is Nc1nc(-c2ccc(C(=O)NCCN3CCCC(CO)C3)cc2)cc(=O)[nH]1. The van der Waals surface area contributed by atoms with E-state index in [1.807, 2.05) is 0 Å². The zero-order valence-corrected chi connectivity index (χ0v) is 15.1. The highest BCUT2D eigenvalue weighted by Gasteiger charge is 2.18. The maximum atomic E-state index is 12.3. The zero-order chi connectivity index (χ0) is 19.2. The van der Waals surface area contributed by atoms with Gasteiger partial charge in [0.15, 0.2) is 0 Å². The molecule has 2 aromatic rings. The van der Waals surface area contributed by atoms with Gasteiger partial charge >= 0.3 is 0 Å². The molecule has 1 aliphatic rings. The summed E-state index contributed by atoms with van der Waals surface area (Å²) in [4.78, 5) is 32.6. The number of hydrogen-bond donors (Lipinski definition) is 4. The van der Waals surface area contributed by atoms with Crippen LogP contribution in [-0.4, -0.2) is 58.7 Å². The lowest BCUT2D eigenvalue weighted by molar-refractivity contribution is 0.0930. The number of amides is 1.